The lowest BCUT2D eigenvalue weighted by Gasteiger charge is -2.19. The van der Waals surface area contributed by atoms with Gasteiger partial charge in [-0.05, 0) is 26.1 Å². The Morgan fingerprint density at radius 1 is 1.33 bits per heavy atom. The van der Waals surface area contributed by atoms with Crippen LogP contribution in [0.2, 0.25) is 0 Å². The summed E-state index contributed by atoms with van der Waals surface area (Å²) in [6, 6.07) is 0. The number of carbonyl (C=O) groups is 2. The lowest BCUT2D eigenvalue weighted by Crippen LogP contribution is -2.29. The summed E-state index contributed by atoms with van der Waals surface area (Å²) >= 11 is 0. The molecule has 0 radical (unpaired) electrons. The number of carboxylic acid groups (broad SMARTS) is 1. The summed E-state index contributed by atoms with van der Waals surface area (Å²) in [6.07, 6.45) is 0.399. The average Bonchev–Trinajstić information content (AvgIpc) is 2.16. The van der Waals surface area contributed by atoms with Gasteiger partial charge in [0.15, 0.2) is 0 Å². The van der Waals surface area contributed by atoms with E-state index in [2.05, 4.69) is 4.90 Å². The lowest BCUT2D eigenvalue weighted by atomic mass is 10.0. The zero-order valence-corrected chi connectivity index (χ0v) is 9.40. The predicted octanol–water partition coefficient (Wildman–Crippen LogP) is 0.295. The molecule has 5 heteroatoms. The van der Waals surface area contributed by atoms with Crippen molar-refractivity contribution >= 4 is 11.9 Å². The van der Waals surface area contributed by atoms with Gasteiger partial charge in [0.05, 0.1) is 5.92 Å². The molecule has 0 aliphatic carbocycles. The highest BCUT2D eigenvalue weighted by Crippen LogP contribution is 2.09. The molecule has 1 unspecified atom stereocenters. The Kier molecular flexibility index (Phi) is 6.70. The molecule has 0 aromatic rings. The standard InChI is InChI=1S/C10H20N2O3/c1-3-12(4-2)6-5-8(10(14)15)7-9(11)13/h8H,3-7H2,1-2H3,(H2,11,13)(H,14,15). The summed E-state index contributed by atoms with van der Waals surface area (Å²) in [5.41, 5.74) is 4.99. The molecule has 0 aliphatic heterocycles. The number of rotatable bonds is 8. The van der Waals surface area contributed by atoms with Crippen molar-refractivity contribution in [2.45, 2.75) is 26.7 Å². The van der Waals surface area contributed by atoms with Gasteiger partial charge in [-0.1, -0.05) is 13.8 Å². The number of hydrogen-bond acceptors (Lipinski definition) is 3. The number of carboxylic acids is 1. The van der Waals surface area contributed by atoms with Crippen LogP contribution >= 0.6 is 0 Å². The monoisotopic (exact) mass is 216 g/mol. The van der Waals surface area contributed by atoms with Crippen molar-refractivity contribution in [2.75, 3.05) is 19.6 Å². The molecule has 0 aliphatic rings. The number of aliphatic carboxylic acids is 1. The molecule has 88 valence electrons. The second-order valence-electron chi connectivity index (χ2n) is 3.52. The van der Waals surface area contributed by atoms with Gasteiger partial charge in [-0.15, -0.1) is 0 Å². The molecule has 0 fully saturated rings. The van der Waals surface area contributed by atoms with Crippen molar-refractivity contribution in [2.24, 2.45) is 11.7 Å². The first-order valence-electron chi connectivity index (χ1n) is 5.24. The molecule has 0 bridgehead atoms. The molecule has 0 spiro atoms. The van der Waals surface area contributed by atoms with Gasteiger partial charge < -0.3 is 15.7 Å². The van der Waals surface area contributed by atoms with Crippen LogP contribution in [-0.4, -0.2) is 41.5 Å². The van der Waals surface area contributed by atoms with E-state index in [1.165, 1.54) is 0 Å². The minimum atomic E-state index is -0.944. The van der Waals surface area contributed by atoms with Gasteiger partial charge in [0.1, 0.15) is 0 Å². The van der Waals surface area contributed by atoms with Crippen LogP contribution in [0.15, 0.2) is 0 Å². The summed E-state index contributed by atoms with van der Waals surface area (Å²) in [5.74, 6) is -2.15. The molecule has 0 aromatic heterocycles. The van der Waals surface area contributed by atoms with Crippen LogP contribution in [0.4, 0.5) is 0 Å². The van der Waals surface area contributed by atoms with E-state index in [0.29, 0.717) is 13.0 Å². The summed E-state index contributed by atoms with van der Waals surface area (Å²) in [7, 11) is 0. The molecule has 0 saturated heterocycles. The van der Waals surface area contributed by atoms with Crippen LogP contribution in [0.3, 0.4) is 0 Å². The quantitative estimate of drug-likeness (QED) is 0.611. The van der Waals surface area contributed by atoms with Gasteiger partial charge in [-0.25, -0.2) is 0 Å². The summed E-state index contributed by atoms with van der Waals surface area (Å²) in [6.45, 7) is 6.51. The Labute approximate surface area is 90.2 Å². The summed E-state index contributed by atoms with van der Waals surface area (Å²) in [5, 5.41) is 8.85. The smallest absolute Gasteiger partial charge is 0.307 e. The number of hydrogen-bond donors (Lipinski definition) is 2. The van der Waals surface area contributed by atoms with Gasteiger partial charge >= 0.3 is 5.97 Å². The van der Waals surface area contributed by atoms with Crippen LogP contribution in [0, 0.1) is 5.92 Å². The van der Waals surface area contributed by atoms with Gasteiger partial charge in [0.25, 0.3) is 0 Å². The molecule has 0 saturated carbocycles. The number of nitrogens with two attached hydrogens (primary N) is 1. The topological polar surface area (TPSA) is 83.6 Å². The zero-order valence-electron chi connectivity index (χ0n) is 9.40. The second-order valence-corrected chi connectivity index (χ2v) is 3.52. The highest BCUT2D eigenvalue weighted by molar-refractivity contribution is 5.80. The van der Waals surface area contributed by atoms with Gasteiger partial charge in [-0.3, -0.25) is 9.59 Å². The van der Waals surface area contributed by atoms with Gasteiger partial charge in [0.2, 0.25) is 5.91 Å². The number of amides is 1. The van der Waals surface area contributed by atoms with E-state index in [9.17, 15) is 9.59 Å². The van der Waals surface area contributed by atoms with Crippen molar-refractivity contribution < 1.29 is 14.7 Å². The van der Waals surface area contributed by atoms with Crippen molar-refractivity contribution in [3.63, 3.8) is 0 Å². The maximum Gasteiger partial charge on any atom is 0.307 e. The maximum atomic E-state index is 10.8. The fourth-order valence-electron chi connectivity index (χ4n) is 1.43. The van der Waals surface area contributed by atoms with E-state index in [1.807, 2.05) is 13.8 Å². The molecule has 0 rings (SSSR count). The minimum absolute atomic E-state index is 0.0728. The Morgan fingerprint density at radius 3 is 2.20 bits per heavy atom. The van der Waals surface area contributed by atoms with E-state index in [0.717, 1.165) is 13.1 Å². The van der Waals surface area contributed by atoms with Crippen LogP contribution in [0.5, 0.6) is 0 Å². The van der Waals surface area contributed by atoms with Gasteiger partial charge in [0, 0.05) is 6.42 Å². The maximum absolute atomic E-state index is 10.8. The number of primary amides is 1. The van der Waals surface area contributed by atoms with E-state index in [-0.39, 0.29) is 6.42 Å². The summed E-state index contributed by atoms with van der Waals surface area (Å²) < 4.78 is 0. The largest absolute Gasteiger partial charge is 0.481 e. The second kappa shape index (κ2) is 7.23. The Hall–Kier alpha value is -1.10. The number of carbonyl (C=O) groups excluding carboxylic acids is 1. The molecule has 1 atom stereocenters. The fourth-order valence-corrected chi connectivity index (χ4v) is 1.43. The highest BCUT2D eigenvalue weighted by Gasteiger charge is 2.20. The molecule has 15 heavy (non-hydrogen) atoms. The highest BCUT2D eigenvalue weighted by atomic mass is 16.4. The van der Waals surface area contributed by atoms with Crippen LogP contribution < -0.4 is 5.73 Å². The SMILES string of the molecule is CCN(CC)CCC(CC(N)=O)C(=O)O. The molecular formula is C10H20N2O3. The Balaban J connectivity index is 4.06. The fraction of sp³-hybridized carbons (Fsp3) is 0.800. The van der Waals surface area contributed by atoms with Crippen LogP contribution in [-0.2, 0) is 9.59 Å². The lowest BCUT2D eigenvalue weighted by molar-refractivity contribution is -0.144. The van der Waals surface area contributed by atoms with Crippen LogP contribution in [0.1, 0.15) is 26.7 Å². The molecule has 0 aromatic carbocycles. The van der Waals surface area contributed by atoms with Crippen molar-refractivity contribution in [3.8, 4) is 0 Å². The molecule has 1 amide bonds. The van der Waals surface area contributed by atoms with E-state index < -0.39 is 17.8 Å². The van der Waals surface area contributed by atoms with Crippen LogP contribution in [0.25, 0.3) is 0 Å². The van der Waals surface area contributed by atoms with E-state index >= 15 is 0 Å². The molecular weight excluding hydrogens is 196 g/mol. The first-order chi connectivity index (χ1) is 7.01. The minimum Gasteiger partial charge on any atom is -0.481 e. The predicted molar refractivity (Wildman–Crippen MR) is 57.3 cm³/mol. The van der Waals surface area contributed by atoms with Crippen molar-refractivity contribution in [3.05, 3.63) is 0 Å². The normalized spacial score (nSPS) is 12.7. The van der Waals surface area contributed by atoms with Crippen molar-refractivity contribution in [1.82, 2.24) is 4.90 Å². The molecule has 5 nitrogen and oxygen atoms in total. The van der Waals surface area contributed by atoms with Gasteiger partial charge in [-0.2, -0.15) is 0 Å². The third-order valence-corrected chi connectivity index (χ3v) is 2.49. The van der Waals surface area contributed by atoms with E-state index in [1.54, 1.807) is 0 Å². The van der Waals surface area contributed by atoms with E-state index in [4.69, 9.17) is 10.8 Å². The zero-order chi connectivity index (χ0) is 11.8. The molecule has 0 heterocycles. The Bertz CT molecular complexity index is 215. The number of nitrogens with zero attached hydrogens (tertiary/aromatic N) is 1. The first-order valence-corrected chi connectivity index (χ1v) is 5.24. The Morgan fingerprint density at radius 2 is 1.87 bits per heavy atom. The third-order valence-electron chi connectivity index (χ3n) is 2.49. The average molecular weight is 216 g/mol. The molecule has 3 N–H and O–H groups in total. The third kappa shape index (κ3) is 6.06. The summed E-state index contributed by atoms with van der Waals surface area (Å²) in [4.78, 5) is 23.6. The first kappa shape index (κ1) is 13.9. The van der Waals surface area contributed by atoms with Crippen molar-refractivity contribution in [1.29, 1.82) is 0 Å².